The number of halogens is 1. The number of nitrogens with zero attached hydrogens (tertiary/aromatic N) is 1. The van der Waals surface area contributed by atoms with E-state index in [0.29, 0.717) is 6.54 Å². The van der Waals surface area contributed by atoms with E-state index in [2.05, 4.69) is 10.2 Å². The normalized spacial score (nSPS) is 20.0. The molecule has 98 valence electrons. The van der Waals surface area contributed by atoms with Crippen LogP contribution in [0.3, 0.4) is 0 Å². The number of benzene rings is 1. The largest absolute Gasteiger partial charge is 0.354 e. The van der Waals surface area contributed by atoms with Crippen LogP contribution in [0, 0.1) is 5.82 Å². The number of hydrogen-bond acceptors (Lipinski definition) is 2. The third-order valence-corrected chi connectivity index (χ3v) is 3.45. The van der Waals surface area contributed by atoms with Gasteiger partial charge in [-0.3, -0.25) is 9.69 Å². The highest BCUT2D eigenvalue weighted by Crippen LogP contribution is 2.14. The van der Waals surface area contributed by atoms with Gasteiger partial charge in [0, 0.05) is 6.54 Å². The summed E-state index contributed by atoms with van der Waals surface area (Å²) in [5, 5.41) is 2.94. The molecule has 0 spiro atoms. The lowest BCUT2D eigenvalue weighted by Gasteiger charge is -2.18. The number of amides is 1. The molecule has 0 aromatic heterocycles. The Kier molecular flexibility index (Phi) is 4.31. The highest BCUT2D eigenvalue weighted by molar-refractivity contribution is 5.81. The van der Waals surface area contributed by atoms with E-state index < -0.39 is 0 Å². The van der Waals surface area contributed by atoms with Crippen molar-refractivity contribution in [3.05, 3.63) is 35.6 Å². The first-order valence-corrected chi connectivity index (χ1v) is 6.39. The van der Waals surface area contributed by atoms with Gasteiger partial charge in [0.2, 0.25) is 5.91 Å². The summed E-state index contributed by atoms with van der Waals surface area (Å²) in [7, 11) is 1.98. The zero-order valence-electron chi connectivity index (χ0n) is 10.7. The molecule has 1 atom stereocenters. The number of likely N-dealkylation sites (N-methyl/N-ethyl adjacent to an activating group) is 1. The van der Waals surface area contributed by atoms with Gasteiger partial charge in [0.1, 0.15) is 5.82 Å². The summed E-state index contributed by atoms with van der Waals surface area (Å²) in [6.07, 6.45) is 2.77. The first-order chi connectivity index (χ1) is 8.66. The predicted molar refractivity (Wildman–Crippen MR) is 68.8 cm³/mol. The number of likely N-dealkylation sites (tertiary alicyclic amines) is 1. The van der Waals surface area contributed by atoms with Crippen LogP contribution in [-0.2, 0) is 11.2 Å². The number of hydrogen-bond donors (Lipinski definition) is 1. The second kappa shape index (κ2) is 5.96. The quantitative estimate of drug-likeness (QED) is 0.880. The summed E-state index contributed by atoms with van der Waals surface area (Å²) in [5.41, 5.74) is 1.04. The third-order valence-electron chi connectivity index (χ3n) is 3.45. The highest BCUT2D eigenvalue weighted by atomic mass is 19.1. The summed E-state index contributed by atoms with van der Waals surface area (Å²) in [4.78, 5) is 14.0. The second-order valence-electron chi connectivity index (χ2n) is 4.81. The van der Waals surface area contributed by atoms with E-state index in [1.165, 1.54) is 12.1 Å². The molecule has 18 heavy (non-hydrogen) atoms. The molecule has 0 saturated carbocycles. The number of carbonyl (C=O) groups excluding carboxylic acids is 1. The lowest BCUT2D eigenvalue weighted by atomic mass is 10.1. The van der Waals surface area contributed by atoms with Gasteiger partial charge in [-0.25, -0.2) is 4.39 Å². The maximum atomic E-state index is 12.7. The average molecular weight is 250 g/mol. The summed E-state index contributed by atoms with van der Waals surface area (Å²) in [6, 6.07) is 6.43. The van der Waals surface area contributed by atoms with Crippen LogP contribution in [-0.4, -0.2) is 37.0 Å². The molecule has 1 N–H and O–H groups in total. The van der Waals surface area contributed by atoms with Crippen molar-refractivity contribution in [2.75, 3.05) is 20.1 Å². The number of nitrogens with one attached hydrogen (secondary N) is 1. The molecule has 1 heterocycles. The molecule has 2 rings (SSSR count). The van der Waals surface area contributed by atoms with Crippen molar-refractivity contribution in [3.8, 4) is 0 Å². The molecule has 0 bridgehead atoms. The molecule has 1 aromatic rings. The van der Waals surface area contributed by atoms with Crippen LogP contribution in [0.5, 0.6) is 0 Å². The molecule has 1 aliphatic heterocycles. The van der Waals surface area contributed by atoms with E-state index in [-0.39, 0.29) is 17.8 Å². The van der Waals surface area contributed by atoms with Crippen LogP contribution in [0.4, 0.5) is 4.39 Å². The fourth-order valence-electron chi connectivity index (χ4n) is 2.34. The summed E-state index contributed by atoms with van der Waals surface area (Å²) < 4.78 is 12.7. The van der Waals surface area contributed by atoms with Crippen molar-refractivity contribution < 1.29 is 9.18 Å². The van der Waals surface area contributed by atoms with Crippen LogP contribution < -0.4 is 5.32 Å². The first kappa shape index (κ1) is 13.0. The van der Waals surface area contributed by atoms with Gasteiger partial charge in [0.25, 0.3) is 0 Å². The molecular weight excluding hydrogens is 231 g/mol. The molecule has 1 aliphatic rings. The van der Waals surface area contributed by atoms with Gasteiger partial charge in [-0.15, -0.1) is 0 Å². The van der Waals surface area contributed by atoms with Gasteiger partial charge < -0.3 is 5.32 Å². The van der Waals surface area contributed by atoms with Crippen molar-refractivity contribution in [1.82, 2.24) is 10.2 Å². The van der Waals surface area contributed by atoms with Crippen LogP contribution in [0.25, 0.3) is 0 Å². The maximum Gasteiger partial charge on any atom is 0.237 e. The van der Waals surface area contributed by atoms with E-state index in [0.717, 1.165) is 31.4 Å². The molecule has 1 fully saturated rings. The molecule has 3 nitrogen and oxygen atoms in total. The van der Waals surface area contributed by atoms with Crippen molar-refractivity contribution in [2.24, 2.45) is 0 Å². The topological polar surface area (TPSA) is 32.3 Å². The standard InChI is InChI=1S/C14H19FN2O/c1-17-10-2-3-13(17)14(18)16-9-8-11-4-6-12(15)7-5-11/h4-7,13H,2-3,8-10H2,1H3,(H,16,18). The molecule has 0 aliphatic carbocycles. The lowest BCUT2D eigenvalue weighted by molar-refractivity contribution is -0.125. The summed E-state index contributed by atoms with van der Waals surface area (Å²) in [6.45, 7) is 1.60. The monoisotopic (exact) mass is 250 g/mol. The van der Waals surface area contributed by atoms with Gasteiger partial charge in [-0.2, -0.15) is 0 Å². The van der Waals surface area contributed by atoms with E-state index in [1.54, 1.807) is 12.1 Å². The summed E-state index contributed by atoms with van der Waals surface area (Å²) in [5.74, 6) is -0.118. The van der Waals surface area contributed by atoms with Crippen LogP contribution in [0.2, 0.25) is 0 Å². The zero-order valence-corrected chi connectivity index (χ0v) is 10.7. The molecule has 1 unspecified atom stereocenters. The Morgan fingerprint density at radius 2 is 2.17 bits per heavy atom. The Labute approximate surface area is 107 Å². The number of carbonyl (C=O) groups is 1. The van der Waals surface area contributed by atoms with Crippen molar-refractivity contribution in [2.45, 2.75) is 25.3 Å². The van der Waals surface area contributed by atoms with E-state index >= 15 is 0 Å². The Hall–Kier alpha value is -1.42. The minimum atomic E-state index is -0.227. The fourth-order valence-corrected chi connectivity index (χ4v) is 2.34. The Balaban J connectivity index is 1.75. The summed E-state index contributed by atoms with van der Waals surface area (Å²) >= 11 is 0. The van der Waals surface area contributed by atoms with E-state index in [1.807, 2.05) is 7.05 Å². The lowest BCUT2D eigenvalue weighted by Crippen LogP contribution is -2.42. The SMILES string of the molecule is CN1CCCC1C(=O)NCCc1ccc(F)cc1. The molecule has 0 radical (unpaired) electrons. The van der Waals surface area contributed by atoms with Crippen LogP contribution in [0.15, 0.2) is 24.3 Å². The van der Waals surface area contributed by atoms with Crippen LogP contribution in [0.1, 0.15) is 18.4 Å². The molecule has 1 amide bonds. The molecular formula is C14H19FN2O. The molecule has 4 heteroatoms. The maximum absolute atomic E-state index is 12.7. The van der Waals surface area contributed by atoms with Gasteiger partial charge in [0.05, 0.1) is 6.04 Å². The molecule has 1 saturated heterocycles. The van der Waals surface area contributed by atoms with Crippen molar-refractivity contribution >= 4 is 5.91 Å². The number of rotatable bonds is 4. The Morgan fingerprint density at radius 1 is 1.44 bits per heavy atom. The van der Waals surface area contributed by atoms with Gasteiger partial charge in [-0.1, -0.05) is 12.1 Å². The van der Waals surface area contributed by atoms with Crippen molar-refractivity contribution in [1.29, 1.82) is 0 Å². The highest BCUT2D eigenvalue weighted by Gasteiger charge is 2.27. The van der Waals surface area contributed by atoms with E-state index in [4.69, 9.17) is 0 Å². The smallest absolute Gasteiger partial charge is 0.237 e. The van der Waals surface area contributed by atoms with Crippen molar-refractivity contribution in [3.63, 3.8) is 0 Å². The fraction of sp³-hybridized carbons (Fsp3) is 0.500. The molecule has 1 aromatic carbocycles. The zero-order chi connectivity index (χ0) is 13.0. The Morgan fingerprint density at radius 3 is 2.78 bits per heavy atom. The first-order valence-electron chi connectivity index (χ1n) is 6.39. The average Bonchev–Trinajstić information content (AvgIpc) is 2.78. The minimum Gasteiger partial charge on any atom is -0.354 e. The van der Waals surface area contributed by atoms with Gasteiger partial charge in [0.15, 0.2) is 0 Å². The Bertz CT molecular complexity index is 405. The second-order valence-corrected chi connectivity index (χ2v) is 4.81. The van der Waals surface area contributed by atoms with Crippen LogP contribution >= 0.6 is 0 Å². The predicted octanol–water partition coefficient (Wildman–Crippen LogP) is 1.58. The minimum absolute atomic E-state index is 0.0261. The van der Waals surface area contributed by atoms with Gasteiger partial charge >= 0.3 is 0 Å². The van der Waals surface area contributed by atoms with Gasteiger partial charge in [-0.05, 0) is 50.6 Å². The van der Waals surface area contributed by atoms with E-state index in [9.17, 15) is 9.18 Å². The third kappa shape index (κ3) is 3.29.